The number of hydrogen-bond donors (Lipinski definition) is 0. The van der Waals surface area contributed by atoms with Crippen LogP contribution in [0.5, 0.6) is 0 Å². The van der Waals surface area contributed by atoms with Gasteiger partial charge >= 0.3 is 0 Å². The monoisotopic (exact) mass is 385 g/mol. The predicted molar refractivity (Wildman–Crippen MR) is 121 cm³/mol. The second kappa shape index (κ2) is 8.87. The average molecular weight is 385 g/mol. The molecule has 28 heavy (non-hydrogen) atoms. The fourth-order valence-electron chi connectivity index (χ4n) is 3.36. The van der Waals surface area contributed by atoms with Crippen LogP contribution in [0.3, 0.4) is 0 Å². The summed E-state index contributed by atoms with van der Waals surface area (Å²) in [5, 5.41) is 1.61. The lowest BCUT2D eigenvalue weighted by Gasteiger charge is -2.27. The van der Waals surface area contributed by atoms with Crippen LogP contribution in [0, 0.1) is 19.3 Å². The Hall–Kier alpha value is -2.88. The molecule has 0 saturated heterocycles. The highest BCUT2D eigenvalue weighted by atomic mass is 31.2. The first-order chi connectivity index (χ1) is 13.6. The minimum absolute atomic E-state index is 0.358. The highest BCUT2D eigenvalue weighted by molar-refractivity contribution is 7.80. The summed E-state index contributed by atoms with van der Waals surface area (Å²) in [7, 11) is -3.03. The van der Waals surface area contributed by atoms with Gasteiger partial charge in [0.2, 0.25) is 0 Å². The van der Waals surface area contributed by atoms with E-state index in [1.807, 2.05) is 98.8 Å². The maximum atomic E-state index is 14.6. The summed E-state index contributed by atoms with van der Waals surface area (Å²) in [5.41, 5.74) is 2.45. The Labute approximate surface area is 167 Å². The molecule has 0 aliphatic carbocycles. The van der Waals surface area contributed by atoms with E-state index in [1.165, 1.54) is 5.56 Å². The fraction of sp³-hybridized carbons (Fsp3) is 0.160. The molecule has 3 aromatic carbocycles. The van der Waals surface area contributed by atoms with Gasteiger partial charge in [0.25, 0.3) is 0 Å². The molecule has 3 heteroatoms. The van der Waals surface area contributed by atoms with Crippen LogP contribution in [-0.4, -0.2) is 11.4 Å². The van der Waals surface area contributed by atoms with Crippen molar-refractivity contribution < 1.29 is 4.57 Å². The van der Waals surface area contributed by atoms with Crippen molar-refractivity contribution in [2.45, 2.75) is 25.9 Å². The van der Waals surface area contributed by atoms with Crippen LogP contribution in [0.25, 0.3) is 0 Å². The molecule has 0 aliphatic rings. The third-order valence-corrected chi connectivity index (χ3v) is 8.42. The summed E-state index contributed by atoms with van der Waals surface area (Å²) in [6.07, 6.45) is 6.07. The summed E-state index contributed by atoms with van der Waals surface area (Å²) in [5.74, 6) is 2.74. The van der Waals surface area contributed by atoms with Gasteiger partial charge in [0.15, 0.2) is 7.14 Å². The van der Waals surface area contributed by atoms with E-state index < -0.39 is 7.14 Å². The molecular weight excluding hydrogens is 361 g/mol. The molecule has 0 saturated carbocycles. The van der Waals surface area contributed by atoms with E-state index in [4.69, 9.17) is 11.4 Å². The number of terminal acetylenes is 1. The van der Waals surface area contributed by atoms with Crippen LogP contribution in [-0.2, 0) is 4.57 Å². The standard InChI is InChI=1S/C25H24NOP/c1-4-11-25(21(3)26-22-18-16-20(2)17-19-22)28(27,23-12-7-5-8-13-23)24-14-9-6-10-15-24/h1,5-10,12-19,25H,11H2,2-3H3. The Morgan fingerprint density at radius 1 is 0.929 bits per heavy atom. The second-order valence-corrected chi connectivity index (χ2v) is 9.81. The molecule has 0 fully saturated rings. The maximum absolute atomic E-state index is 14.6. The predicted octanol–water partition coefficient (Wildman–Crippen LogP) is 5.49. The molecule has 1 atom stereocenters. The molecule has 0 aliphatic heterocycles. The van der Waals surface area contributed by atoms with Gasteiger partial charge in [0.1, 0.15) is 0 Å². The van der Waals surface area contributed by atoms with Gasteiger partial charge in [-0.3, -0.25) is 4.99 Å². The zero-order valence-corrected chi connectivity index (χ0v) is 17.1. The van der Waals surface area contributed by atoms with Crippen molar-refractivity contribution >= 4 is 29.2 Å². The number of benzene rings is 3. The summed E-state index contributed by atoms with van der Waals surface area (Å²) < 4.78 is 14.6. The van der Waals surface area contributed by atoms with Crippen LogP contribution in [0.15, 0.2) is 89.9 Å². The first-order valence-corrected chi connectivity index (χ1v) is 11.1. The minimum atomic E-state index is -3.03. The lowest BCUT2D eigenvalue weighted by atomic mass is 10.2. The molecule has 3 rings (SSSR count). The molecule has 0 heterocycles. The quantitative estimate of drug-likeness (QED) is 0.313. The molecule has 0 bridgehead atoms. The molecule has 0 amide bonds. The molecule has 0 aromatic heterocycles. The molecule has 0 N–H and O–H groups in total. The number of hydrogen-bond acceptors (Lipinski definition) is 2. The van der Waals surface area contributed by atoms with Crippen molar-refractivity contribution in [2.24, 2.45) is 4.99 Å². The Balaban J connectivity index is 2.16. The van der Waals surface area contributed by atoms with Crippen molar-refractivity contribution in [1.82, 2.24) is 0 Å². The van der Waals surface area contributed by atoms with Gasteiger partial charge < -0.3 is 4.57 Å². The summed E-state index contributed by atoms with van der Waals surface area (Å²) >= 11 is 0. The number of nitrogens with zero attached hydrogens (tertiary/aromatic N) is 1. The van der Waals surface area contributed by atoms with Gasteiger partial charge in [-0.05, 0) is 26.0 Å². The molecule has 140 valence electrons. The van der Waals surface area contributed by atoms with Gasteiger partial charge in [0, 0.05) is 22.7 Å². The summed E-state index contributed by atoms with van der Waals surface area (Å²) in [6.45, 7) is 3.97. The molecule has 1 unspecified atom stereocenters. The van der Waals surface area contributed by atoms with Gasteiger partial charge in [-0.2, -0.15) is 0 Å². The average Bonchev–Trinajstić information content (AvgIpc) is 2.74. The van der Waals surface area contributed by atoms with Crippen LogP contribution in [0.1, 0.15) is 18.9 Å². The third-order valence-electron chi connectivity index (χ3n) is 4.85. The topological polar surface area (TPSA) is 29.4 Å². The molecule has 0 radical (unpaired) electrons. The Morgan fingerprint density at radius 3 is 1.89 bits per heavy atom. The normalized spacial score (nSPS) is 13.0. The number of rotatable bonds is 6. The van der Waals surface area contributed by atoms with Crippen molar-refractivity contribution in [3.8, 4) is 12.3 Å². The molecule has 2 nitrogen and oxygen atoms in total. The van der Waals surface area contributed by atoms with Crippen molar-refractivity contribution in [3.05, 3.63) is 90.5 Å². The van der Waals surface area contributed by atoms with E-state index in [0.29, 0.717) is 6.42 Å². The van der Waals surface area contributed by atoms with Gasteiger partial charge in [-0.25, -0.2) is 0 Å². The van der Waals surface area contributed by atoms with Crippen LogP contribution < -0.4 is 10.6 Å². The van der Waals surface area contributed by atoms with Crippen LogP contribution in [0.4, 0.5) is 5.69 Å². The minimum Gasteiger partial charge on any atom is -0.313 e. The molecule has 0 spiro atoms. The van der Waals surface area contributed by atoms with Crippen LogP contribution >= 0.6 is 7.14 Å². The maximum Gasteiger partial charge on any atom is 0.152 e. The Bertz CT molecular complexity index is 988. The van der Waals surface area contributed by atoms with E-state index in [-0.39, 0.29) is 5.66 Å². The first kappa shape index (κ1) is 19.9. The van der Waals surface area contributed by atoms with E-state index in [9.17, 15) is 4.57 Å². The highest BCUT2D eigenvalue weighted by Gasteiger charge is 2.38. The fourth-order valence-corrected chi connectivity index (χ4v) is 6.55. The van der Waals surface area contributed by atoms with Crippen molar-refractivity contribution in [1.29, 1.82) is 0 Å². The van der Waals surface area contributed by atoms with Crippen molar-refractivity contribution in [2.75, 3.05) is 0 Å². The Morgan fingerprint density at radius 2 is 1.43 bits per heavy atom. The third kappa shape index (κ3) is 4.16. The Kier molecular flexibility index (Phi) is 6.30. The van der Waals surface area contributed by atoms with E-state index in [2.05, 4.69) is 5.92 Å². The smallest absolute Gasteiger partial charge is 0.152 e. The van der Waals surface area contributed by atoms with E-state index >= 15 is 0 Å². The first-order valence-electron chi connectivity index (χ1n) is 9.32. The largest absolute Gasteiger partial charge is 0.313 e. The zero-order valence-electron chi connectivity index (χ0n) is 16.2. The lowest BCUT2D eigenvalue weighted by Crippen LogP contribution is -2.30. The summed E-state index contributed by atoms with van der Waals surface area (Å²) in [4.78, 5) is 4.79. The highest BCUT2D eigenvalue weighted by Crippen LogP contribution is 2.50. The molecular formula is C25H24NOP. The van der Waals surface area contributed by atoms with E-state index in [1.54, 1.807) is 0 Å². The second-order valence-electron chi connectivity index (χ2n) is 6.84. The number of aliphatic imine (C=N–C) groups is 1. The molecule has 3 aromatic rings. The van der Waals surface area contributed by atoms with Gasteiger partial charge in [-0.1, -0.05) is 78.4 Å². The SMILES string of the molecule is C#CCC(C(C)=Nc1ccc(C)cc1)P(=O)(c1ccccc1)c1ccccc1. The zero-order chi connectivity index (χ0) is 20.0. The summed E-state index contributed by atoms with van der Waals surface area (Å²) in [6, 6.07) is 27.3. The lowest BCUT2D eigenvalue weighted by molar-refractivity contribution is 0.584. The van der Waals surface area contributed by atoms with Crippen molar-refractivity contribution in [3.63, 3.8) is 0 Å². The van der Waals surface area contributed by atoms with E-state index in [0.717, 1.165) is 22.0 Å². The van der Waals surface area contributed by atoms with Crippen LogP contribution in [0.2, 0.25) is 0 Å². The van der Waals surface area contributed by atoms with Gasteiger partial charge in [0.05, 0.1) is 11.3 Å². The van der Waals surface area contributed by atoms with Gasteiger partial charge in [-0.15, -0.1) is 12.3 Å². The number of aryl methyl sites for hydroxylation is 1.